The third-order valence-electron chi connectivity index (χ3n) is 2.48. The van der Waals surface area contributed by atoms with Gasteiger partial charge in [0.15, 0.2) is 5.84 Å². The van der Waals surface area contributed by atoms with Gasteiger partial charge in [0.2, 0.25) is 5.71 Å². The fourth-order valence-corrected chi connectivity index (χ4v) is 1.46. The van der Waals surface area contributed by atoms with E-state index in [2.05, 4.69) is 10.5 Å². The van der Waals surface area contributed by atoms with Gasteiger partial charge in [0.1, 0.15) is 6.07 Å². The van der Waals surface area contributed by atoms with Crippen LogP contribution in [-0.2, 0) is 0 Å². The van der Waals surface area contributed by atoms with Crippen LogP contribution in [0.15, 0.2) is 17.2 Å². The number of hydrazone groups is 1. The standard InChI is InChI=1S/C11H12N6O2/c1-6-3-4-9(17(18)19)7(2)10(6)16-15-8(5-12)11(13)14/h3-4,16H,1-2H3,(H3,13,14)/b15-8+. The minimum absolute atomic E-state index is 0.0513. The van der Waals surface area contributed by atoms with Crippen LogP contribution < -0.4 is 11.2 Å². The molecule has 8 nitrogen and oxygen atoms in total. The lowest BCUT2D eigenvalue weighted by molar-refractivity contribution is -0.385. The van der Waals surface area contributed by atoms with Crippen molar-refractivity contribution in [3.63, 3.8) is 0 Å². The molecule has 0 aliphatic rings. The molecule has 0 heterocycles. The Labute approximate surface area is 109 Å². The van der Waals surface area contributed by atoms with E-state index in [4.69, 9.17) is 16.4 Å². The lowest BCUT2D eigenvalue weighted by Crippen LogP contribution is -2.22. The van der Waals surface area contributed by atoms with Crippen molar-refractivity contribution < 1.29 is 4.92 Å². The Balaban J connectivity index is 3.22. The molecule has 0 aliphatic carbocycles. The number of nitriles is 1. The number of nitrogens with one attached hydrogen (secondary N) is 2. The molecule has 0 spiro atoms. The highest BCUT2D eigenvalue weighted by molar-refractivity contribution is 6.45. The van der Waals surface area contributed by atoms with Crippen LogP contribution in [0.25, 0.3) is 0 Å². The number of nitrogens with zero attached hydrogens (tertiary/aromatic N) is 3. The normalized spacial score (nSPS) is 10.7. The van der Waals surface area contributed by atoms with Crippen molar-refractivity contribution in [1.29, 1.82) is 10.7 Å². The lowest BCUT2D eigenvalue weighted by atomic mass is 10.1. The third kappa shape index (κ3) is 3.04. The highest BCUT2D eigenvalue weighted by Gasteiger charge is 2.15. The Hall–Kier alpha value is -2.95. The first-order chi connectivity index (χ1) is 8.88. The highest BCUT2D eigenvalue weighted by Crippen LogP contribution is 2.28. The summed E-state index contributed by atoms with van der Waals surface area (Å²) in [5.74, 6) is -0.476. The first-order valence-electron chi connectivity index (χ1n) is 5.21. The SMILES string of the molecule is Cc1ccc([N+](=O)[O-])c(C)c1N/N=C(\C#N)C(=N)N. The molecule has 0 unspecified atom stereocenters. The number of rotatable bonds is 4. The topological polar surface area (TPSA) is 141 Å². The van der Waals surface area contributed by atoms with Crippen molar-refractivity contribution in [2.75, 3.05) is 5.43 Å². The number of amidine groups is 1. The zero-order valence-electron chi connectivity index (χ0n) is 10.4. The van der Waals surface area contributed by atoms with Crippen LogP contribution >= 0.6 is 0 Å². The largest absolute Gasteiger partial charge is 0.382 e. The first-order valence-corrected chi connectivity index (χ1v) is 5.21. The fraction of sp³-hybridized carbons (Fsp3) is 0.182. The van der Waals surface area contributed by atoms with Gasteiger partial charge in [0.05, 0.1) is 16.2 Å². The Bertz CT molecular complexity index is 614. The molecule has 19 heavy (non-hydrogen) atoms. The lowest BCUT2D eigenvalue weighted by Gasteiger charge is -2.09. The Morgan fingerprint density at radius 3 is 2.68 bits per heavy atom. The molecular formula is C11H12N6O2. The van der Waals surface area contributed by atoms with Crippen molar-refractivity contribution in [2.24, 2.45) is 10.8 Å². The van der Waals surface area contributed by atoms with Gasteiger partial charge in [-0.1, -0.05) is 6.07 Å². The summed E-state index contributed by atoms with van der Waals surface area (Å²) in [5, 5.41) is 30.3. The predicted octanol–water partition coefficient (Wildman–Crippen LogP) is 1.44. The number of benzene rings is 1. The molecule has 0 aliphatic heterocycles. The molecule has 1 rings (SSSR count). The van der Waals surface area contributed by atoms with Gasteiger partial charge in [-0.05, 0) is 19.4 Å². The summed E-state index contributed by atoms with van der Waals surface area (Å²) >= 11 is 0. The highest BCUT2D eigenvalue weighted by atomic mass is 16.6. The molecule has 0 fully saturated rings. The second-order valence-corrected chi connectivity index (χ2v) is 3.76. The number of aryl methyl sites for hydroxylation is 1. The van der Waals surface area contributed by atoms with Crippen molar-refractivity contribution in [3.8, 4) is 6.07 Å². The number of nitro benzene ring substituents is 1. The van der Waals surface area contributed by atoms with E-state index in [1.54, 1.807) is 26.0 Å². The molecule has 1 aromatic rings. The maximum absolute atomic E-state index is 10.8. The summed E-state index contributed by atoms with van der Waals surface area (Å²) < 4.78 is 0. The Morgan fingerprint density at radius 1 is 1.58 bits per heavy atom. The van der Waals surface area contributed by atoms with Crippen molar-refractivity contribution in [2.45, 2.75) is 13.8 Å². The predicted molar refractivity (Wildman–Crippen MR) is 71.2 cm³/mol. The van der Waals surface area contributed by atoms with E-state index < -0.39 is 10.8 Å². The van der Waals surface area contributed by atoms with Crippen LogP contribution in [0, 0.1) is 40.7 Å². The van der Waals surface area contributed by atoms with E-state index in [0.29, 0.717) is 11.3 Å². The van der Waals surface area contributed by atoms with Gasteiger partial charge in [-0.25, -0.2) is 0 Å². The van der Waals surface area contributed by atoms with Crippen LogP contribution in [0.3, 0.4) is 0 Å². The number of nitro groups is 1. The van der Waals surface area contributed by atoms with E-state index in [-0.39, 0.29) is 11.4 Å². The second-order valence-electron chi connectivity index (χ2n) is 3.76. The maximum atomic E-state index is 10.8. The number of hydrogen-bond acceptors (Lipinski definition) is 6. The molecule has 8 heteroatoms. The van der Waals surface area contributed by atoms with Gasteiger partial charge in [-0.15, -0.1) is 0 Å². The molecule has 0 aromatic heterocycles. The summed E-state index contributed by atoms with van der Waals surface area (Å²) in [4.78, 5) is 10.3. The van der Waals surface area contributed by atoms with Crippen molar-refractivity contribution in [1.82, 2.24) is 0 Å². The van der Waals surface area contributed by atoms with E-state index in [1.807, 2.05) is 0 Å². The minimum atomic E-state index is -0.500. The number of hydrogen-bond donors (Lipinski definition) is 3. The summed E-state index contributed by atoms with van der Waals surface area (Å²) in [6.45, 7) is 3.32. The van der Waals surface area contributed by atoms with Gasteiger partial charge in [-0.3, -0.25) is 20.9 Å². The van der Waals surface area contributed by atoms with Gasteiger partial charge < -0.3 is 5.73 Å². The first kappa shape index (κ1) is 14.1. The smallest absolute Gasteiger partial charge is 0.274 e. The van der Waals surface area contributed by atoms with Gasteiger partial charge in [0, 0.05) is 6.07 Å². The zero-order chi connectivity index (χ0) is 14.6. The summed E-state index contributed by atoms with van der Waals surface area (Å²) in [6.07, 6.45) is 0. The molecule has 0 saturated carbocycles. The summed E-state index contributed by atoms with van der Waals surface area (Å²) in [6, 6.07) is 4.62. The molecular weight excluding hydrogens is 248 g/mol. The van der Waals surface area contributed by atoms with E-state index in [1.165, 1.54) is 6.07 Å². The van der Waals surface area contributed by atoms with Gasteiger partial charge in [0.25, 0.3) is 5.69 Å². The molecule has 0 radical (unpaired) electrons. The quantitative estimate of drug-likeness (QED) is 0.325. The van der Waals surface area contributed by atoms with Crippen LogP contribution in [-0.4, -0.2) is 16.5 Å². The van der Waals surface area contributed by atoms with Crippen LogP contribution in [0.5, 0.6) is 0 Å². The Morgan fingerprint density at radius 2 is 2.21 bits per heavy atom. The van der Waals surface area contributed by atoms with E-state index in [9.17, 15) is 10.1 Å². The van der Waals surface area contributed by atoms with Crippen LogP contribution in [0.1, 0.15) is 11.1 Å². The molecule has 0 amide bonds. The second kappa shape index (κ2) is 5.59. The minimum Gasteiger partial charge on any atom is -0.382 e. The monoisotopic (exact) mass is 260 g/mol. The summed E-state index contributed by atoms with van der Waals surface area (Å²) in [7, 11) is 0. The molecule has 0 atom stereocenters. The van der Waals surface area contributed by atoms with Crippen LogP contribution in [0.4, 0.5) is 11.4 Å². The van der Waals surface area contributed by atoms with E-state index >= 15 is 0 Å². The van der Waals surface area contributed by atoms with Crippen LogP contribution in [0.2, 0.25) is 0 Å². The zero-order valence-corrected chi connectivity index (χ0v) is 10.4. The molecule has 0 bridgehead atoms. The van der Waals surface area contributed by atoms with Gasteiger partial charge in [-0.2, -0.15) is 10.4 Å². The van der Waals surface area contributed by atoms with Crippen molar-refractivity contribution in [3.05, 3.63) is 33.4 Å². The molecule has 4 N–H and O–H groups in total. The maximum Gasteiger partial charge on any atom is 0.274 e. The fourth-order valence-electron chi connectivity index (χ4n) is 1.46. The summed E-state index contributed by atoms with van der Waals surface area (Å²) in [5.41, 5.74) is 8.91. The van der Waals surface area contributed by atoms with E-state index in [0.717, 1.165) is 5.56 Å². The molecule has 0 saturated heterocycles. The number of nitrogens with two attached hydrogens (primary N) is 1. The average Bonchev–Trinajstić information content (AvgIpc) is 2.32. The average molecular weight is 260 g/mol. The molecule has 1 aromatic carbocycles. The Kier molecular flexibility index (Phi) is 4.15. The number of anilines is 1. The molecule has 98 valence electrons. The third-order valence-corrected chi connectivity index (χ3v) is 2.48. The van der Waals surface area contributed by atoms with Crippen molar-refractivity contribution >= 4 is 22.9 Å². The van der Waals surface area contributed by atoms with Gasteiger partial charge >= 0.3 is 0 Å².